The number of likely N-dealkylation sites (tertiary alicyclic amines) is 1. The Balaban J connectivity index is 1.44. The minimum absolute atomic E-state index is 0.0461. The molecule has 3 heterocycles. The third-order valence-electron chi connectivity index (χ3n) is 6.52. The van der Waals surface area contributed by atoms with Gasteiger partial charge < -0.3 is 14.6 Å². The second kappa shape index (κ2) is 9.83. The summed E-state index contributed by atoms with van der Waals surface area (Å²) in [5, 5.41) is 7.49. The van der Waals surface area contributed by atoms with E-state index in [0.29, 0.717) is 13.0 Å². The van der Waals surface area contributed by atoms with Gasteiger partial charge in [-0.3, -0.25) is 14.3 Å². The van der Waals surface area contributed by atoms with Crippen molar-refractivity contribution in [3.63, 3.8) is 0 Å². The lowest BCUT2D eigenvalue weighted by atomic mass is 10.0. The Bertz CT molecular complexity index is 1150. The van der Waals surface area contributed by atoms with Crippen LogP contribution in [0.5, 0.6) is 0 Å². The van der Waals surface area contributed by atoms with E-state index >= 15 is 0 Å². The fourth-order valence-electron chi connectivity index (χ4n) is 4.66. The fraction of sp³-hybridized carbons (Fsp3) is 0.462. The molecule has 2 aromatic heterocycles. The number of benzene rings is 1. The molecule has 0 radical (unpaired) electrons. The van der Waals surface area contributed by atoms with Crippen molar-refractivity contribution < 1.29 is 14.0 Å². The molecule has 0 bridgehead atoms. The Labute approximate surface area is 200 Å². The molecule has 1 fully saturated rings. The summed E-state index contributed by atoms with van der Waals surface area (Å²) in [6.45, 7) is 10.4. The van der Waals surface area contributed by atoms with E-state index in [0.717, 1.165) is 34.6 Å². The Kier molecular flexibility index (Phi) is 6.86. The summed E-state index contributed by atoms with van der Waals surface area (Å²) in [5.74, 6) is 0.639. The summed E-state index contributed by atoms with van der Waals surface area (Å²) in [7, 11) is 0. The Morgan fingerprint density at radius 3 is 2.47 bits per heavy atom. The first-order valence-electron chi connectivity index (χ1n) is 11.9. The highest BCUT2D eigenvalue weighted by molar-refractivity contribution is 5.90. The molecule has 1 saturated heterocycles. The van der Waals surface area contributed by atoms with E-state index in [1.54, 1.807) is 15.8 Å². The number of nitrogens with one attached hydrogen (secondary N) is 1. The Hall–Kier alpha value is -3.42. The van der Waals surface area contributed by atoms with Crippen molar-refractivity contribution in [3.05, 3.63) is 59.9 Å². The van der Waals surface area contributed by atoms with Gasteiger partial charge in [0.15, 0.2) is 12.2 Å². The van der Waals surface area contributed by atoms with Gasteiger partial charge in [-0.1, -0.05) is 38.1 Å². The molecule has 0 spiro atoms. The van der Waals surface area contributed by atoms with Gasteiger partial charge in [0, 0.05) is 18.3 Å². The monoisotopic (exact) mass is 463 g/mol. The molecule has 34 heavy (non-hydrogen) atoms. The van der Waals surface area contributed by atoms with Crippen molar-refractivity contribution in [2.45, 2.75) is 65.6 Å². The van der Waals surface area contributed by atoms with Crippen LogP contribution in [0.3, 0.4) is 0 Å². The lowest BCUT2D eigenvalue weighted by Crippen LogP contribution is -2.49. The van der Waals surface area contributed by atoms with E-state index in [2.05, 4.69) is 15.4 Å². The number of aromatic nitrogens is 3. The minimum atomic E-state index is -0.469. The van der Waals surface area contributed by atoms with Gasteiger partial charge in [-0.05, 0) is 50.7 Å². The number of amides is 2. The second-order valence-electron chi connectivity index (χ2n) is 9.50. The zero-order valence-corrected chi connectivity index (χ0v) is 20.5. The maximum absolute atomic E-state index is 13.5. The van der Waals surface area contributed by atoms with Crippen molar-refractivity contribution in [2.24, 2.45) is 5.92 Å². The predicted molar refractivity (Wildman–Crippen MR) is 129 cm³/mol. The van der Waals surface area contributed by atoms with Gasteiger partial charge in [-0.2, -0.15) is 5.10 Å². The molecule has 4 rings (SSSR count). The van der Waals surface area contributed by atoms with Crippen LogP contribution < -0.4 is 5.32 Å². The zero-order valence-electron chi connectivity index (χ0n) is 20.5. The number of nitrogens with zero attached hydrogens (tertiary/aromatic N) is 4. The summed E-state index contributed by atoms with van der Waals surface area (Å²) < 4.78 is 7.19. The van der Waals surface area contributed by atoms with Crippen LogP contribution in [0.1, 0.15) is 62.5 Å². The number of oxazole rings is 1. The summed E-state index contributed by atoms with van der Waals surface area (Å²) in [6, 6.07) is 6.82. The Morgan fingerprint density at radius 2 is 1.88 bits per heavy atom. The molecular weight excluding hydrogens is 430 g/mol. The van der Waals surface area contributed by atoms with Crippen LogP contribution in [-0.2, 0) is 9.59 Å². The van der Waals surface area contributed by atoms with Crippen LogP contribution in [0.15, 0.2) is 47.5 Å². The standard InChI is InChI=1S/C26H33N5O3/c1-16(2)23(31-14-17(3)13-28-31)26(33)30-12-6-7-22(30)25(32)29-18(4)20-8-10-21(11-9-20)24-19(5)27-15-34-24/h8-11,13-16,18,22-23H,6-7,12H2,1-5H3,(H,29,32). The van der Waals surface area contributed by atoms with Crippen LogP contribution in [0.4, 0.5) is 0 Å². The third kappa shape index (κ3) is 4.76. The molecule has 1 aliphatic rings. The highest BCUT2D eigenvalue weighted by Gasteiger charge is 2.39. The molecule has 1 N–H and O–H groups in total. The first-order chi connectivity index (χ1) is 16.3. The molecule has 0 saturated carbocycles. The van der Waals surface area contributed by atoms with Crippen molar-refractivity contribution in [2.75, 3.05) is 6.54 Å². The second-order valence-corrected chi connectivity index (χ2v) is 9.50. The zero-order chi connectivity index (χ0) is 24.4. The van der Waals surface area contributed by atoms with Crippen molar-refractivity contribution in [1.82, 2.24) is 25.0 Å². The smallest absolute Gasteiger partial charge is 0.248 e. The third-order valence-corrected chi connectivity index (χ3v) is 6.52. The van der Waals surface area contributed by atoms with E-state index in [-0.39, 0.29) is 23.8 Å². The van der Waals surface area contributed by atoms with E-state index in [4.69, 9.17) is 4.42 Å². The minimum Gasteiger partial charge on any atom is -0.443 e. The quantitative estimate of drug-likeness (QED) is 0.566. The molecule has 0 aliphatic carbocycles. The van der Waals surface area contributed by atoms with Gasteiger partial charge in [-0.15, -0.1) is 0 Å². The molecule has 3 unspecified atom stereocenters. The molecule has 2 amide bonds. The first kappa shape index (κ1) is 23.7. The molecule has 8 heteroatoms. The molecule has 180 valence electrons. The van der Waals surface area contributed by atoms with Gasteiger partial charge in [0.25, 0.3) is 0 Å². The first-order valence-corrected chi connectivity index (χ1v) is 11.9. The molecule has 1 aromatic carbocycles. The number of hydrogen-bond donors (Lipinski definition) is 1. The highest BCUT2D eigenvalue weighted by atomic mass is 16.3. The predicted octanol–water partition coefficient (Wildman–Crippen LogP) is 4.22. The average Bonchev–Trinajstić information content (AvgIpc) is 3.55. The number of rotatable bonds is 7. The molecule has 1 aliphatic heterocycles. The average molecular weight is 464 g/mol. The SMILES string of the molecule is Cc1cnn(C(C(=O)N2CCCC2C(=O)NC(C)c2ccc(-c3ocnc3C)cc2)C(C)C)c1. The summed E-state index contributed by atoms with van der Waals surface area (Å²) in [4.78, 5) is 32.6. The topological polar surface area (TPSA) is 93.3 Å². The van der Waals surface area contributed by atoms with Gasteiger partial charge in [0.2, 0.25) is 11.8 Å². The van der Waals surface area contributed by atoms with Gasteiger partial charge in [-0.25, -0.2) is 4.98 Å². The van der Waals surface area contributed by atoms with Crippen molar-refractivity contribution in [1.29, 1.82) is 0 Å². The van der Waals surface area contributed by atoms with Gasteiger partial charge >= 0.3 is 0 Å². The van der Waals surface area contributed by atoms with E-state index in [1.165, 1.54) is 6.39 Å². The highest BCUT2D eigenvalue weighted by Crippen LogP contribution is 2.28. The number of aryl methyl sites for hydroxylation is 2. The lowest BCUT2D eigenvalue weighted by molar-refractivity contribution is -0.142. The van der Waals surface area contributed by atoms with Gasteiger partial charge in [0.1, 0.15) is 12.1 Å². The van der Waals surface area contributed by atoms with Crippen LogP contribution in [-0.4, -0.2) is 44.1 Å². The van der Waals surface area contributed by atoms with E-state index in [1.807, 2.05) is 65.1 Å². The summed E-state index contributed by atoms with van der Waals surface area (Å²) >= 11 is 0. The summed E-state index contributed by atoms with van der Waals surface area (Å²) in [5.41, 5.74) is 3.77. The van der Waals surface area contributed by atoms with Crippen molar-refractivity contribution >= 4 is 11.8 Å². The van der Waals surface area contributed by atoms with Crippen molar-refractivity contribution in [3.8, 4) is 11.3 Å². The number of carbonyl (C=O) groups is 2. The largest absolute Gasteiger partial charge is 0.443 e. The van der Waals surface area contributed by atoms with Crippen LogP contribution in [0.2, 0.25) is 0 Å². The molecule has 3 atom stereocenters. The number of hydrogen-bond acceptors (Lipinski definition) is 5. The van der Waals surface area contributed by atoms with E-state index in [9.17, 15) is 9.59 Å². The lowest BCUT2D eigenvalue weighted by Gasteiger charge is -2.30. The molecule has 8 nitrogen and oxygen atoms in total. The normalized spacial score (nSPS) is 17.7. The van der Waals surface area contributed by atoms with E-state index < -0.39 is 12.1 Å². The molecular formula is C26H33N5O3. The maximum Gasteiger partial charge on any atom is 0.248 e. The van der Waals surface area contributed by atoms with Gasteiger partial charge in [0.05, 0.1) is 17.9 Å². The maximum atomic E-state index is 13.5. The van der Waals surface area contributed by atoms with Crippen LogP contribution in [0.25, 0.3) is 11.3 Å². The molecule has 3 aromatic rings. The number of carbonyl (C=O) groups excluding carboxylic acids is 2. The Morgan fingerprint density at radius 1 is 1.15 bits per heavy atom. The van der Waals surface area contributed by atoms with Crippen LogP contribution >= 0.6 is 0 Å². The fourth-order valence-corrected chi connectivity index (χ4v) is 4.66. The summed E-state index contributed by atoms with van der Waals surface area (Å²) in [6.07, 6.45) is 6.56. The van der Waals surface area contributed by atoms with Crippen LogP contribution in [0, 0.1) is 19.8 Å².